The molecular weight excluding hydrogens is 483 g/mol. The molecule has 0 saturated heterocycles. The first-order chi connectivity index (χ1) is 14.7. The van der Waals surface area contributed by atoms with Gasteiger partial charge >= 0.3 is 0 Å². The van der Waals surface area contributed by atoms with Crippen LogP contribution in [0.2, 0.25) is 5.02 Å². The maximum absolute atomic E-state index is 6.53. The molecule has 0 aliphatic carbocycles. The number of benzene rings is 4. The van der Waals surface area contributed by atoms with Crippen LogP contribution in [-0.2, 0) is 6.16 Å². The molecular formula is C28H25BrClP. The second-order valence-electron chi connectivity index (χ2n) is 7.37. The van der Waals surface area contributed by atoms with Crippen molar-refractivity contribution in [2.75, 3.05) is 0 Å². The van der Waals surface area contributed by atoms with E-state index in [-0.39, 0.29) is 17.0 Å². The van der Waals surface area contributed by atoms with Crippen molar-refractivity contribution in [3.8, 4) is 0 Å². The molecule has 4 aromatic rings. The lowest BCUT2D eigenvalue weighted by Gasteiger charge is -2.28. The van der Waals surface area contributed by atoms with Crippen molar-refractivity contribution in [1.82, 2.24) is 0 Å². The molecule has 0 fully saturated rings. The van der Waals surface area contributed by atoms with E-state index in [9.17, 15) is 0 Å². The molecule has 0 N–H and O–H groups in total. The molecule has 0 radical (unpaired) electrons. The average Bonchev–Trinajstić information content (AvgIpc) is 2.79. The highest BCUT2D eigenvalue weighted by Crippen LogP contribution is 2.58. The zero-order chi connectivity index (χ0) is 20.8. The van der Waals surface area contributed by atoms with Gasteiger partial charge in [0.05, 0.1) is 6.16 Å². The lowest BCUT2D eigenvalue weighted by atomic mass is 10.1. The summed E-state index contributed by atoms with van der Waals surface area (Å²) < 4.78 is 0. The summed E-state index contributed by atoms with van der Waals surface area (Å²) in [5.41, 5.74) is 2.41. The van der Waals surface area contributed by atoms with Crippen LogP contribution in [0.25, 0.3) is 6.08 Å². The Morgan fingerprint density at radius 1 is 0.677 bits per heavy atom. The van der Waals surface area contributed by atoms with Crippen LogP contribution < -0.4 is 32.9 Å². The Kier molecular flexibility index (Phi) is 8.27. The van der Waals surface area contributed by atoms with E-state index >= 15 is 0 Å². The van der Waals surface area contributed by atoms with Crippen molar-refractivity contribution >= 4 is 40.9 Å². The van der Waals surface area contributed by atoms with Gasteiger partial charge in [0, 0.05) is 5.02 Å². The van der Waals surface area contributed by atoms with Crippen molar-refractivity contribution in [2.24, 2.45) is 0 Å². The Labute approximate surface area is 201 Å². The highest BCUT2D eigenvalue weighted by atomic mass is 79.9. The molecule has 0 amide bonds. The smallest absolute Gasteiger partial charge is 0.116 e. The zero-order valence-electron chi connectivity index (χ0n) is 17.5. The molecule has 4 rings (SSSR count). The zero-order valence-corrected chi connectivity index (χ0v) is 20.7. The Morgan fingerprint density at radius 2 is 1.13 bits per heavy atom. The van der Waals surface area contributed by atoms with E-state index in [0.717, 1.165) is 16.7 Å². The molecule has 0 heterocycles. The lowest BCUT2D eigenvalue weighted by Crippen LogP contribution is -3.00. The SMILES string of the molecule is CC=Cc1cc(Cl)cc(C[P+](c2ccccc2)(c2ccccc2)c2ccccc2)c1.[Br-]. The highest BCUT2D eigenvalue weighted by molar-refractivity contribution is 7.95. The molecule has 31 heavy (non-hydrogen) atoms. The summed E-state index contributed by atoms with van der Waals surface area (Å²) in [6, 6.07) is 39.3. The summed E-state index contributed by atoms with van der Waals surface area (Å²) in [4.78, 5) is 0. The summed E-state index contributed by atoms with van der Waals surface area (Å²) in [7, 11) is -1.92. The van der Waals surface area contributed by atoms with Gasteiger partial charge in [-0.2, -0.15) is 0 Å². The molecule has 0 atom stereocenters. The minimum Gasteiger partial charge on any atom is -1.00 e. The predicted molar refractivity (Wildman–Crippen MR) is 135 cm³/mol. The van der Waals surface area contributed by atoms with Crippen LogP contribution in [0.1, 0.15) is 18.1 Å². The molecule has 0 aromatic heterocycles. The Morgan fingerprint density at radius 3 is 1.55 bits per heavy atom. The number of allylic oxidation sites excluding steroid dienone is 1. The summed E-state index contributed by atoms with van der Waals surface area (Å²) >= 11 is 6.53. The van der Waals surface area contributed by atoms with Crippen LogP contribution in [0.4, 0.5) is 0 Å². The molecule has 0 bridgehead atoms. The van der Waals surface area contributed by atoms with E-state index in [1.807, 2.05) is 13.0 Å². The Bertz CT molecular complexity index is 1030. The molecule has 3 heteroatoms. The van der Waals surface area contributed by atoms with E-state index in [1.54, 1.807) is 0 Å². The van der Waals surface area contributed by atoms with E-state index in [1.165, 1.54) is 21.5 Å². The first kappa shape index (κ1) is 23.5. The lowest BCUT2D eigenvalue weighted by molar-refractivity contribution is -0.00000577. The number of rotatable bonds is 6. The second kappa shape index (κ2) is 10.9. The van der Waals surface area contributed by atoms with E-state index in [2.05, 4.69) is 115 Å². The van der Waals surface area contributed by atoms with Crippen molar-refractivity contribution in [3.05, 3.63) is 131 Å². The molecule has 0 aliphatic rings. The van der Waals surface area contributed by atoms with Gasteiger partial charge < -0.3 is 17.0 Å². The van der Waals surface area contributed by atoms with Crippen LogP contribution in [0.5, 0.6) is 0 Å². The molecule has 4 aromatic carbocycles. The highest BCUT2D eigenvalue weighted by Gasteiger charge is 2.45. The molecule has 0 nitrogen and oxygen atoms in total. The normalized spacial score (nSPS) is 11.3. The largest absolute Gasteiger partial charge is 1.00 e. The quantitative estimate of drug-likeness (QED) is 0.348. The molecule has 0 unspecified atom stereocenters. The van der Waals surface area contributed by atoms with Crippen LogP contribution in [0.15, 0.2) is 115 Å². The topological polar surface area (TPSA) is 0 Å². The number of halogens is 2. The van der Waals surface area contributed by atoms with Crippen molar-refractivity contribution in [3.63, 3.8) is 0 Å². The fourth-order valence-electron chi connectivity index (χ4n) is 4.10. The maximum atomic E-state index is 6.53. The Balaban J connectivity index is 0.00000272. The molecule has 156 valence electrons. The second-order valence-corrected chi connectivity index (χ2v) is 11.3. The third-order valence-corrected chi connectivity index (χ3v) is 9.95. The number of hydrogen-bond acceptors (Lipinski definition) is 0. The van der Waals surface area contributed by atoms with Crippen molar-refractivity contribution in [1.29, 1.82) is 0 Å². The number of hydrogen-bond donors (Lipinski definition) is 0. The van der Waals surface area contributed by atoms with Crippen molar-refractivity contribution < 1.29 is 17.0 Å². The minimum absolute atomic E-state index is 0. The summed E-state index contributed by atoms with van der Waals surface area (Å²) in [6.07, 6.45) is 5.10. The minimum atomic E-state index is -1.92. The summed E-state index contributed by atoms with van der Waals surface area (Å²) in [5, 5.41) is 4.94. The summed E-state index contributed by atoms with van der Waals surface area (Å²) in [6.45, 7) is 2.04. The van der Waals surface area contributed by atoms with Gasteiger partial charge in [0.15, 0.2) is 0 Å². The summed E-state index contributed by atoms with van der Waals surface area (Å²) in [5.74, 6) is 0. The third kappa shape index (κ3) is 5.18. The molecule has 0 spiro atoms. The van der Waals surface area contributed by atoms with Crippen LogP contribution >= 0.6 is 18.9 Å². The molecule has 0 aliphatic heterocycles. The maximum Gasteiger partial charge on any atom is 0.116 e. The van der Waals surface area contributed by atoms with E-state index in [4.69, 9.17) is 11.6 Å². The third-order valence-electron chi connectivity index (χ3n) is 5.35. The molecule has 0 saturated carbocycles. The van der Waals surface area contributed by atoms with Gasteiger partial charge in [0.25, 0.3) is 0 Å². The van der Waals surface area contributed by atoms with Crippen molar-refractivity contribution in [2.45, 2.75) is 13.1 Å². The first-order valence-electron chi connectivity index (χ1n) is 10.2. The van der Waals surface area contributed by atoms with E-state index in [0.29, 0.717) is 0 Å². The van der Waals surface area contributed by atoms with Crippen LogP contribution in [-0.4, -0.2) is 0 Å². The van der Waals surface area contributed by atoms with Crippen LogP contribution in [0, 0.1) is 0 Å². The predicted octanol–water partition coefficient (Wildman–Crippen LogP) is 3.87. The van der Waals surface area contributed by atoms with Gasteiger partial charge in [-0.05, 0) is 72.6 Å². The van der Waals surface area contributed by atoms with Gasteiger partial charge in [-0.15, -0.1) is 0 Å². The standard InChI is InChI=1S/C28H25ClP.BrH/c1-2-12-23-19-24(21-25(29)20-23)22-30(26-13-6-3-7-14-26,27-15-8-4-9-16-27)28-17-10-5-11-18-28;/h2-21H,22H2,1H3;1H/q+1;/p-1. The fraction of sp³-hybridized carbons (Fsp3) is 0.0714. The van der Waals surface area contributed by atoms with Gasteiger partial charge in [0.1, 0.15) is 23.2 Å². The average molecular weight is 508 g/mol. The monoisotopic (exact) mass is 506 g/mol. The first-order valence-corrected chi connectivity index (χ1v) is 12.5. The van der Waals surface area contributed by atoms with Gasteiger partial charge in [-0.25, -0.2) is 0 Å². The fourth-order valence-corrected chi connectivity index (χ4v) is 8.58. The Hall–Kier alpha value is -2.18. The van der Waals surface area contributed by atoms with Gasteiger partial charge in [-0.3, -0.25) is 0 Å². The van der Waals surface area contributed by atoms with Crippen LogP contribution in [0.3, 0.4) is 0 Å². The van der Waals surface area contributed by atoms with Gasteiger partial charge in [-0.1, -0.05) is 78.4 Å². The van der Waals surface area contributed by atoms with Gasteiger partial charge in [0.2, 0.25) is 0 Å². The van der Waals surface area contributed by atoms with E-state index < -0.39 is 7.26 Å².